The molecule has 0 radical (unpaired) electrons. The minimum absolute atomic E-state index is 0.0404. The van der Waals surface area contributed by atoms with E-state index >= 15 is 0 Å². The van der Waals surface area contributed by atoms with Crippen LogP contribution in [0.15, 0.2) is 30.9 Å². The maximum absolute atomic E-state index is 12.6. The SMILES string of the molecule is C=CCN1CC[C@@H](N(C)C(=O)Nc2ccc3c(c2)OC2(CCCC2)O3)C1=O. The molecular formula is C20H25N3O4. The molecule has 27 heavy (non-hydrogen) atoms. The van der Waals surface area contributed by atoms with Gasteiger partial charge in [-0.3, -0.25) is 4.79 Å². The number of fused-ring (bicyclic) bond motifs is 1. The van der Waals surface area contributed by atoms with Crippen molar-refractivity contribution >= 4 is 17.6 Å². The van der Waals surface area contributed by atoms with Crippen molar-refractivity contribution in [1.82, 2.24) is 9.80 Å². The summed E-state index contributed by atoms with van der Waals surface area (Å²) in [7, 11) is 1.65. The smallest absolute Gasteiger partial charge is 0.322 e. The highest BCUT2D eigenvalue weighted by Crippen LogP contribution is 2.47. The van der Waals surface area contributed by atoms with Crippen LogP contribution in [-0.4, -0.2) is 53.7 Å². The molecule has 2 heterocycles. The lowest BCUT2D eigenvalue weighted by molar-refractivity contribution is -0.130. The Bertz CT molecular complexity index is 772. The number of rotatable bonds is 4. The highest BCUT2D eigenvalue weighted by molar-refractivity contribution is 5.94. The van der Waals surface area contributed by atoms with Crippen molar-refractivity contribution in [2.24, 2.45) is 0 Å². The van der Waals surface area contributed by atoms with Crippen molar-refractivity contribution < 1.29 is 19.1 Å². The topological polar surface area (TPSA) is 71.1 Å². The molecule has 7 nitrogen and oxygen atoms in total. The van der Waals surface area contributed by atoms with E-state index in [4.69, 9.17) is 9.47 Å². The average Bonchev–Trinajstić information content (AvgIpc) is 3.34. The van der Waals surface area contributed by atoms with E-state index in [0.29, 0.717) is 36.7 Å². The summed E-state index contributed by atoms with van der Waals surface area (Å²) in [6, 6.07) is 4.64. The number of hydrogen-bond donors (Lipinski definition) is 1. The van der Waals surface area contributed by atoms with Gasteiger partial charge in [-0.2, -0.15) is 0 Å². The van der Waals surface area contributed by atoms with Crippen molar-refractivity contribution in [2.75, 3.05) is 25.5 Å². The monoisotopic (exact) mass is 371 g/mol. The van der Waals surface area contributed by atoms with E-state index in [1.807, 2.05) is 6.07 Å². The van der Waals surface area contributed by atoms with Crippen LogP contribution in [0.4, 0.5) is 10.5 Å². The Hall–Kier alpha value is -2.70. The fourth-order valence-corrected chi connectivity index (χ4v) is 4.06. The van der Waals surface area contributed by atoms with Crippen LogP contribution >= 0.6 is 0 Å². The molecule has 1 saturated heterocycles. The lowest BCUT2D eigenvalue weighted by atomic mass is 10.2. The van der Waals surface area contributed by atoms with E-state index < -0.39 is 11.8 Å². The molecule has 0 aromatic heterocycles. The zero-order valence-electron chi connectivity index (χ0n) is 15.6. The number of carbonyl (C=O) groups is 2. The second-order valence-electron chi connectivity index (χ2n) is 7.40. The Morgan fingerprint density at radius 1 is 1.37 bits per heavy atom. The van der Waals surface area contributed by atoms with Crippen LogP contribution in [0.2, 0.25) is 0 Å². The van der Waals surface area contributed by atoms with E-state index in [2.05, 4.69) is 11.9 Å². The minimum Gasteiger partial charge on any atom is -0.448 e. The third kappa shape index (κ3) is 3.22. The molecule has 7 heteroatoms. The van der Waals surface area contributed by atoms with Crippen LogP contribution in [0.3, 0.4) is 0 Å². The van der Waals surface area contributed by atoms with Gasteiger partial charge in [-0.15, -0.1) is 6.58 Å². The molecule has 1 N–H and O–H groups in total. The largest absolute Gasteiger partial charge is 0.448 e. The fraction of sp³-hybridized carbons (Fsp3) is 0.500. The summed E-state index contributed by atoms with van der Waals surface area (Å²) >= 11 is 0. The molecule has 0 unspecified atom stereocenters. The fourth-order valence-electron chi connectivity index (χ4n) is 4.06. The maximum atomic E-state index is 12.6. The van der Waals surface area contributed by atoms with Gasteiger partial charge >= 0.3 is 6.03 Å². The van der Waals surface area contributed by atoms with Crippen LogP contribution in [0, 0.1) is 0 Å². The van der Waals surface area contributed by atoms with Gasteiger partial charge in [0.25, 0.3) is 5.79 Å². The molecule has 1 spiro atoms. The number of ether oxygens (including phenoxy) is 2. The van der Waals surface area contributed by atoms with Gasteiger partial charge in [0.2, 0.25) is 5.91 Å². The van der Waals surface area contributed by atoms with Crippen molar-refractivity contribution in [3.63, 3.8) is 0 Å². The number of carbonyl (C=O) groups excluding carboxylic acids is 2. The Labute approximate surface area is 158 Å². The summed E-state index contributed by atoms with van der Waals surface area (Å²) in [6.07, 6.45) is 6.29. The second kappa shape index (κ2) is 6.79. The van der Waals surface area contributed by atoms with Gasteiger partial charge in [-0.25, -0.2) is 4.79 Å². The number of amides is 3. The highest BCUT2D eigenvalue weighted by Gasteiger charge is 2.44. The van der Waals surface area contributed by atoms with Crippen molar-refractivity contribution in [2.45, 2.75) is 43.9 Å². The average molecular weight is 371 g/mol. The first-order valence-corrected chi connectivity index (χ1v) is 9.47. The Balaban J connectivity index is 1.41. The molecule has 2 aliphatic heterocycles. The predicted molar refractivity (Wildman–Crippen MR) is 101 cm³/mol. The van der Waals surface area contributed by atoms with Gasteiger partial charge in [0.1, 0.15) is 6.04 Å². The van der Waals surface area contributed by atoms with Gasteiger partial charge in [-0.05, 0) is 31.4 Å². The summed E-state index contributed by atoms with van der Waals surface area (Å²) in [6.45, 7) is 4.81. The second-order valence-corrected chi connectivity index (χ2v) is 7.40. The number of benzene rings is 1. The summed E-state index contributed by atoms with van der Waals surface area (Å²) in [5, 5.41) is 2.86. The number of likely N-dealkylation sites (N-methyl/N-ethyl adjacent to an activating group) is 1. The Morgan fingerprint density at radius 2 is 2.11 bits per heavy atom. The molecule has 2 fully saturated rings. The highest BCUT2D eigenvalue weighted by atomic mass is 16.7. The molecule has 1 aromatic carbocycles. The molecule has 144 valence electrons. The Morgan fingerprint density at radius 3 is 2.85 bits per heavy atom. The van der Waals surface area contributed by atoms with E-state index in [9.17, 15) is 9.59 Å². The first-order valence-electron chi connectivity index (χ1n) is 9.47. The van der Waals surface area contributed by atoms with Gasteiger partial charge in [0.05, 0.1) is 0 Å². The number of nitrogens with zero attached hydrogens (tertiary/aromatic N) is 2. The van der Waals surface area contributed by atoms with Gasteiger partial charge < -0.3 is 24.6 Å². The van der Waals surface area contributed by atoms with E-state index in [0.717, 1.165) is 25.7 Å². The van der Waals surface area contributed by atoms with Gasteiger partial charge in [0, 0.05) is 44.7 Å². The summed E-state index contributed by atoms with van der Waals surface area (Å²) in [4.78, 5) is 28.2. The molecule has 1 saturated carbocycles. The molecule has 1 aromatic rings. The molecule has 3 aliphatic rings. The zero-order valence-corrected chi connectivity index (χ0v) is 15.6. The quantitative estimate of drug-likeness (QED) is 0.826. The third-order valence-corrected chi connectivity index (χ3v) is 5.56. The minimum atomic E-state index is -0.521. The molecule has 1 atom stereocenters. The molecular weight excluding hydrogens is 346 g/mol. The standard InChI is InChI=1S/C20H25N3O4/c1-3-11-23-12-8-15(18(23)24)22(2)19(25)21-14-6-7-16-17(13-14)27-20(26-16)9-4-5-10-20/h3,6-7,13,15H,1,4-5,8-12H2,2H3,(H,21,25)/t15-/m1/s1. The third-order valence-electron chi connectivity index (χ3n) is 5.56. The van der Waals surface area contributed by atoms with Crippen LogP contribution < -0.4 is 14.8 Å². The first-order chi connectivity index (χ1) is 13.0. The number of nitrogens with one attached hydrogen (secondary N) is 1. The lowest BCUT2D eigenvalue weighted by Crippen LogP contribution is -2.44. The normalized spacial score (nSPS) is 22.3. The summed E-state index contributed by atoms with van der Waals surface area (Å²) in [5.41, 5.74) is 0.623. The lowest BCUT2D eigenvalue weighted by Gasteiger charge is -2.24. The van der Waals surface area contributed by atoms with Crippen LogP contribution in [-0.2, 0) is 4.79 Å². The van der Waals surface area contributed by atoms with E-state index in [1.165, 1.54) is 4.90 Å². The summed E-state index contributed by atoms with van der Waals surface area (Å²) < 4.78 is 12.0. The van der Waals surface area contributed by atoms with Gasteiger partial charge in [-0.1, -0.05) is 6.08 Å². The van der Waals surface area contributed by atoms with Crippen molar-refractivity contribution in [3.8, 4) is 11.5 Å². The number of hydrogen-bond acceptors (Lipinski definition) is 4. The van der Waals surface area contributed by atoms with Crippen molar-refractivity contribution in [3.05, 3.63) is 30.9 Å². The maximum Gasteiger partial charge on any atom is 0.322 e. The molecule has 1 aliphatic carbocycles. The van der Waals surface area contributed by atoms with Crippen LogP contribution in [0.1, 0.15) is 32.1 Å². The van der Waals surface area contributed by atoms with Crippen LogP contribution in [0.25, 0.3) is 0 Å². The number of urea groups is 1. The van der Waals surface area contributed by atoms with E-state index in [-0.39, 0.29) is 11.9 Å². The summed E-state index contributed by atoms with van der Waals surface area (Å²) in [5.74, 6) is 0.814. The Kier molecular flexibility index (Phi) is 4.45. The number of likely N-dealkylation sites (tertiary alicyclic amines) is 1. The predicted octanol–water partition coefficient (Wildman–Crippen LogP) is 2.98. The van der Waals surface area contributed by atoms with E-state index in [1.54, 1.807) is 30.2 Å². The molecule has 3 amide bonds. The molecule has 4 rings (SSSR count). The van der Waals surface area contributed by atoms with Crippen LogP contribution in [0.5, 0.6) is 11.5 Å². The van der Waals surface area contributed by atoms with Gasteiger partial charge in [0.15, 0.2) is 11.5 Å². The first kappa shape index (κ1) is 17.7. The van der Waals surface area contributed by atoms with Crippen molar-refractivity contribution in [1.29, 1.82) is 0 Å². The molecule has 0 bridgehead atoms. The number of anilines is 1. The zero-order chi connectivity index (χ0) is 19.0.